The molecule has 0 atom stereocenters. The first kappa shape index (κ1) is 21.8. The molecule has 0 unspecified atom stereocenters. The van der Waals surface area contributed by atoms with Crippen molar-refractivity contribution in [1.82, 2.24) is 14.8 Å². The van der Waals surface area contributed by atoms with Crippen LogP contribution < -0.4 is 4.74 Å². The van der Waals surface area contributed by atoms with Crippen LogP contribution >= 0.6 is 35.0 Å². The molecule has 0 aliphatic carbocycles. The molecule has 0 radical (unpaired) electrons. The van der Waals surface area contributed by atoms with Gasteiger partial charge in [0.1, 0.15) is 12.4 Å². The second-order valence-electron chi connectivity index (χ2n) is 6.85. The first-order chi connectivity index (χ1) is 14.0. The van der Waals surface area contributed by atoms with Crippen molar-refractivity contribution in [2.45, 2.75) is 43.8 Å². The van der Waals surface area contributed by atoms with Crippen molar-refractivity contribution in [3.8, 4) is 5.75 Å². The van der Waals surface area contributed by atoms with E-state index in [1.807, 2.05) is 34.9 Å². The van der Waals surface area contributed by atoms with E-state index in [0.717, 1.165) is 22.3 Å². The van der Waals surface area contributed by atoms with E-state index in [0.29, 0.717) is 34.9 Å². The Morgan fingerprint density at radius 1 is 1.10 bits per heavy atom. The van der Waals surface area contributed by atoms with Crippen LogP contribution in [0.3, 0.4) is 0 Å². The monoisotopic (exact) mass is 447 g/mol. The van der Waals surface area contributed by atoms with Gasteiger partial charge < -0.3 is 4.74 Å². The van der Waals surface area contributed by atoms with E-state index in [9.17, 15) is 0 Å². The summed E-state index contributed by atoms with van der Waals surface area (Å²) < 4.78 is 7.93. The minimum atomic E-state index is 0.342. The van der Waals surface area contributed by atoms with Crippen LogP contribution in [0.25, 0.3) is 0 Å². The summed E-state index contributed by atoms with van der Waals surface area (Å²) in [6, 6.07) is 13.8. The molecule has 152 valence electrons. The summed E-state index contributed by atoms with van der Waals surface area (Å²) in [5, 5.41) is 10.6. The van der Waals surface area contributed by atoms with Crippen LogP contribution in [0, 0.1) is 0 Å². The summed E-state index contributed by atoms with van der Waals surface area (Å²) >= 11 is 13.7. The molecule has 3 rings (SSSR count). The van der Waals surface area contributed by atoms with Crippen LogP contribution in [0.5, 0.6) is 5.75 Å². The van der Waals surface area contributed by atoms with E-state index in [-0.39, 0.29) is 0 Å². The highest BCUT2D eigenvalue weighted by Gasteiger charge is 2.13. The molecule has 0 aliphatic heterocycles. The molecular formula is C22H23Cl2N3OS. The lowest BCUT2D eigenvalue weighted by atomic mass is 10.0. The van der Waals surface area contributed by atoms with Crippen molar-refractivity contribution in [2.24, 2.45) is 0 Å². The van der Waals surface area contributed by atoms with Gasteiger partial charge in [0.25, 0.3) is 0 Å². The van der Waals surface area contributed by atoms with Crippen molar-refractivity contribution in [3.05, 3.63) is 82.1 Å². The Hall–Kier alpha value is -1.95. The van der Waals surface area contributed by atoms with Gasteiger partial charge in [-0.15, -0.1) is 16.8 Å². The van der Waals surface area contributed by atoms with Crippen molar-refractivity contribution >= 4 is 35.0 Å². The van der Waals surface area contributed by atoms with Crippen molar-refractivity contribution in [3.63, 3.8) is 0 Å². The fraction of sp³-hybridized carbons (Fsp3) is 0.273. The Morgan fingerprint density at radius 2 is 1.86 bits per heavy atom. The Morgan fingerprint density at radius 3 is 2.52 bits per heavy atom. The second kappa shape index (κ2) is 10.2. The van der Waals surface area contributed by atoms with Gasteiger partial charge in [-0.05, 0) is 41.3 Å². The normalized spacial score (nSPS) is 11.1. The standard InChI is InChI=1S/C22H23Cl2N3OS/c1-4-11-27-21(13-28-18-8-6-17(7-9-18)15(2)3)25-26-22(27)29-14-16-5-10-19(23)20(24)12-16/h4-10,12,15H,1,11,13-14H2,2-3H3. The third kappa shape index (κ3) is 5.78. The lowest BCUT2D eigenvalue weighted by Crippen LogP contribution is -2.07. The molecule has 0 amide bonds. The summed E-state index contributed by atoms with van der Waals surface area (Å²) in [6.07, 6.45) is 1.83. The highest BCUT2D eigenvalue weighted by Crippen LogP contribution is 2.27. The SMILES string of the molecule is C=CCn1c(COc2ccc(C(C)C)cc2)nnc1SCc1ccc(Cl)c(Cl)c1. The maximum absolute atomic E-state index is 6.10. The van der Waals surface area contributed by atoms with Gasteiger partial charge in [-0.3, -0.25) is 4.57 Å². The Bertz CT molecular complexity index is 971. The average Bonchev–Trinajstić information content (AvgIpc) is 3.09. The van der Waals surface area contributed by atoms with Gasteiger partial charge in [0.05, 0.1) is 10.0 Å². The largest absolute Gasteiger partial charge is 0.486 e. The van der Waals surface area contributed by atoms with Gasteiger partial charge in [0.2, 0.25) is 0 Å². The van der Waals surface area contributed by atoms with Crippen LogP contribution in [-0.2, 0) is 18.9 Å². The van der Waals surface area contributed by atoms with Gasteiger partial charge in [-0.2, -0.15) is 0 Å². The zero-order valence-corrected chi connectivity index (χ0v) is 18.8. The molecule has 0 aliphatic rings. The summed E-state index contributed by atoms with van der Waals surface area (Å²) in [4.78, 5) is 0. The molecule has 0 saturated heterocycles. The number of aromatic nitrogens is 3. The molecule has 1 heterocycles. The first-order valence-electron chi connectivity index (χ1n) is 9.30. The van der Waals surface area contributed by atoms with Crippen molar-refractivity contribution in [1.29, 1.82) is 0 Å². The quantitative estimate of drug-likeness (QED) is 0.268. The molecule has 7 heteroatoms. The summed E-state index contributed by atoms with van der Waals surface area (Å²) in [6.45, 7) is 9.14. The van der Waals surface area contributed by atoms with Crippen LogP contribution in [0.1, 0.15) is 36.7 Å². The fourth-order valence-electron chi connectivity index (χ4n) is 2.72. The number of allylic oxidation sites excluding steroid dienone is 1. The Labute approximate surface area is 185 Å². The van der Waals surface area contributed by atoms with Gasteiger partial charge in [0.15, 0.2) is 11.0 Å². The minimum Gasteiger partial charge on any atom is -0.486 e. The highest BCUT2D eigenvalue weighted by atomic mass is 35.5. The molecule has 29 heavy (non-hydrogen) atoms. The molecule has 0 bridgehead atoms. The number of nitrogens with zero attached hydrogens (tertiary/aromatic N) is 3. The lowest BCUT2D eigenvalue weighted by molar-refractivity contribution is 0.289. The maximum Gasteiger partial charge on any atom is 0.191 e. The number of rotatable bonds is 9. The number of thioether (sulfide) groups is 1. The summed E-state index contributed by atoms with van der Waals surface area (Å²) in [5.74, 6) is 2.78. The topological polar surface area (TPSA) is 39.9 Å². The van der Waals surface area contributed by atoms with E-state index in [1.165, 1.54) is 5.56 Å². The van der Waals surface area contributed by atoms with Crippen LogP contribution in [0.2, 0.25) is 10.0 Å². The predicted molar refractivity (Wildman–Crippen MR) is 121 cm³/mol. The predicted octanol–water partition coefficient (Wildman–Crippen LogP) is 6.77. The smallest absolute Gasteiger partial charge is 0.191 e. The highest BCUT2D eigenvalue weighted by molar-refractivity contribution is 7.98. The van der Waals surface area contributed by atoms with Crippen LogP contribution in [0.4, 0.5) is 0 Å². The fourth-order valence-corrected chi connectivity index (χ4v) is 3.95. The zero-order valence-electron chi connectivity index (χ0n) is 16.4. The molecule has 3 aromatic rings. The van der Waals surface area contributed by atoms with E-state index in [1.54, 1.807) is 17.8 Å². The molecule has 4 nitrogen and oxygen atoms in total. The van der Waals surface area contributed by atoms with E-state index in [2.05, 4.69) is 42.8 Å². The zero-order chi connectivity index (χ0) is 20.8. The number of hydrogen-bond acceptors (Lipinski definition) is 4. The number of ether oxygens (including phenoxy) is 1. The summed E-state index contributed by atoms with van der Waals surface area (Å²) in [7, 11) is 0. The average molecular weight is 448 g/mol. The number of hydrogen-bond donors (Lipinski definition) is 0. The first-order valence-corrected chi connectivity index (χ1v) is 11.0. The molecule has 0 spiro atoms. The number of halogens is 2. The van der Waals surface area contributed by atoms with Gasteiger partial charge in [-0.1, -0.05) is 73.1 Å². The summed E-state index contributed by atoms with van der Waals surface area (Å²) in [5.41, 5.74) is 2.36. The molecular weight excluding hydrogens is 425 g/mol. The van der Waals surface area contributed by atoms with Gasteiger partial charge in [0, 0.05) is 12.3 Å². The minimum absolute atomic E-state index is 0.342. The Balaban J connectivity index is 1.67. The third-order valence-corrected chi connectivity index (χ3v) is 6.15. The van der Waals surface area contributed by atoms with Crippen LogP contribution in [0.15, 0.2) is 60.3 Å². The maximum atomic E-state index is 6.10. The third-order valence-electron chi connectivity index (χ3n) is 4.37. The molecule has 1 aromatic heterocycles. The van der Waals surface area contributed by atoms with E-state index >= 15 is 0 Å². The van der Waals surface area contributed by atoms with E-state index in [4.69, 9.17) is 27.9 Å². The van der Waals surface area contributed by atoms with Crippen LogP contribution in [-0.4, -0.2) is 14.8 Å². The number of benzene rings is 2. The van der Waals surface area contributed by atoms with E-state index < -0.39 is 0 Å². The molecule has 0 saturated carbocycles. The van der Waals surface area contributed by atoms with Crippen molar-refractivity contribution < 1.29 is 4.74 Å². The Kier molecular flexibility index (Phi) is 7.64. The van der Waals surface area contributed by atoms with Crippen molar-refractivity contribution in [2.75, 3.05) is 0 Å². The molecule has 2 aromatic carbocycles. The second-order valence-corrected chi connectivity index (χ2v) is 8.60. The molecule has 0 fully saturated rings. The molecule has 0 N–H and O–H groups in total. The van der Waals surface area contributed by atoms with Gasteiger partial charge >= 0.3 is 0 Å². The van der Waals surface area contributed by atoms with Gasteiger partial charge in [-0.25, -0.2) is 0 Å². The lowest BCUT2D eigenvalue weighted by Gasteiger charge is -2.10.